The highest BCUT2D eigenvalue weighted by atomic mass is 14.7. The SMILES string of the molecule is C/C=C(\C(=NCCCc1ccccc1)c1ccc(C)cc1)c1ccc(C)cc1.C=C.C=CC. The fourth-order valence-corrected chi connectivity index (χ4v) is 3.34. The van der Waals surface area contributed by atoms with Gasteiger partial charge in [0.15, 0.2) is 0 Å². The van der Waals surface area contributed by atoms with E-state index >= 15 is 0 Å². The van der Waals surface area contributed by atoms with E-state index in [0.717, 1.165) is 25.1 Å². The van der Waals surface area contributed by atoms with E-state index in [1.54, 1.807) is 6.08 Å². The second-order valence-corrected chi connectivity index (χ2v) is 7.66. The fourth-order valence-electron chi connectivity index (χ4n) is 3.34. The summed E-state index contributed by atoms with van der Waals surface area (Å²) >= 11 is 0. The van der Waals surface area contributed by atoms with Crippen LogP contribution >= 0.6 is 0 Å². The number of nitrogens with zero attached hydrogens (tertiary/aromatic N) is 1. The van der Waals surface area contributed by atoms with Gasteiger partial charge in [0, 0.05) is 17.7 Å². The molecule has 172 valence electrons. The van der Waals surface area contributed by atoms with Crippen LogP contribution in [0.1, 0.15) is 48.1 Å². The third-order valence-corrected chi connectivity index (χ3v) is 4.97. The Balaban J connectivity index is 0.00000101. The van der Waals surface area contributed by atoms with E-state index in [9.17, 15) is 0 Å². The molecular formula is C32H39N. The maximum absolute atomic E-state index is 5.06. The summed E-state index contributed by atoms with van der Waals surface area (Å²) in [4.78, 5) is 5.06. The Bertz CT molecular complexity index is 991. The number of hydrogen-bond acceptors (Lipinski definition) is 1. The smallest absolute Gasteiger partial charge is 0.0721 e. The highest BCUT2D eigenvalue weighted by Crippen LogP contribution is 2.22. The first-order valence-corrected chi connectivity index (χ1v) is 11.5. The number of aliphatic imine (C=N–C) groups is 1. The molecule has 0 bridgehead atoms. The lowest BCUT2D eigenvalue weighted by Gasteiger charge is -2.13. The number of benzene rings is 3. The minimum atomic E-state index is 0.821. The van der Waals surface area contributed by atoms with E-state index in [-0.39, 0.29) is 0 Å². The molecule has 3 aromatic carbocycles. The van der Waals surface area contributed by atoms with Crippen molar-refractivity contribution in [1.29, 1.82) is 0 Å². The molecule has 33 heavy (non-hydrogen) atoms. The van der Waals surface area contributed by atoms with Crippen LogP contribution in [-0.4, -0.2) is 12.3 Å². The first-order valence-electron chi connectivity index (χ1n) is 11.5. The average Bonchev–Trinajstić information content (AvgIpc) is 2.85. The third-order valence-electron chi connectivity index (χ3n) is 4.97. The van der Waals surface area contributed by atoms with E-state index in [0.29, 0.717) is 0 Å². The van der Waals surface area contributed by atoms with Crippen molar-refractivity contribution in [3.63, 3.8) is 0 Å². The minimum Gasteiger partial charge on any atom is -0.284 e. The van der Waals surface area contributed by atoms with E-state index in [1.165, 1.54) is 33.4 Å². The van der Waals surface area contributed by atoms with Crippen molar-refractivity contribution in [2.45, 2.75) is 40.5 Å². The summed E-state index contributed by atoms with van der Waals surface area (Å²) in [7, 11) is 0. The van der Waals surface area contributed by atoms with Gasteiger partial charge in [0.1, 0.15) is 0 Å². The van der Waals surface area contributed by atoms with Gasteiger partial charge in [0.2, 0.25) is 0 Å². The molecule has 0 saturated heterocycles. The summed E-state index contributed by atoms with van der Waals surface area (Å²) in [5, 5.41) is 0. The largest absolute Gasteiger partial charge is 0.284 e. The Hall–Kier alpha value is -3.45. The standard InChI is InChI=1S/C27H29N.C3H6.C2H4/c1-4-26(24-16-12-21(2)13-17-24)27(25-18-14-22(3)15-19-25)28-20-8-11-23-9-6-5-7-10-23;1-3-2;1-2/h4-7,9-10,12-19H,8,11,20H2,1-3H3;3H,1H2,2H3;1-2H2/b26-4-,28-27?;;. The van der Waals surface area contributed by atoms with E-state index < -0.39 is 0 Å². The van der Waals surface area contributed by atoms with Gasteiger partial charge in [-0.15, -0.1) is 19.7 Å². The van der Waals surface area contributed by atoms with Gasteiger partial charge in [0.05, 0.1) is 5.71 Å². The molecule has 0 aliphatic heterocycles. The van der Waals surface area contributed by atoms with Crippen molar-refractivity contribution in [3.05, 3.63) is 139 Å². The predicted molar refractivity (Wildman–Crippen MR) is 149 cm³/mol. The molecule has 0 aromatic heterocycles. The minimum absolute atomic E-state index is 0.821. The summed E-state index contributed by atoms with van der Waals surface area (Å²) in [6.45, 7) is 18.4. The fraction of sp³-hybridized carbons (Fsp3) is 0.219. The van der Waals surface area contributed by atoms with Gasteiger partial charge in [-0.3, -0.25) is 4.99 Å². The summed E-state index contributed by atoms with van der Waals surface area (Å²) < 4.78 is 0. The topological polar surface area (TPSA) is 12.4 Å². The van der Waals surface area contributed by atoms with Gasteiger partial charge < -0.3 is 0 Å². The van der Waals surface area contributed by atoms with Crippen LogP contribution in [0.4, 0.5) is 0 Å². The molecule has 0 aliphatic carbocycles. The predicted octanol–water partition coefficient (Wildman–Crippen LogP) is 8.82. The molecule has 0 saturated carbocycles. The molecule has 0 fully saturated rings. The van der Waals surface area contributed by atoms with Crippen LogP contribution in [0.2, 0.25) is 0 Å². The molecule has 0 N–H and O–H groups in total. The lowest BCUT2D eigenvalue weighted by Crippen LogP contribution is -2.06. The van der Waals surface area contributed by atoms with Crippen molar-refractivity contribution in [2.24, 2.45) is 4.99 Å². The summed E-state index contributed by atoms with van der Waals surface area (Å²) in [5.41, 5.74) is 8.59. The van der Waals surface area contributed by atoms with Gasteiger partial charge >= 0.3 is 0 Å². The van der Waals surface area contributed by atoms with Crippen molar-refractivity contribution in [2.75, 3.05) is 6.54 Å². The third kappa shape index (κ3) is 9.70. The second-order valence-electron chi connectivity index (χ2n) is 7.66. The maximum Gasteiger partial charge on any atom is 0.0721 e. The monoisotopic (exact) mass is 437 g/mol. The molecule has 0 radical (unpaired) electrons. The van der Waals surface area contributed by atoms with Gasteiger partial charge in [-0.2, -0.15) is 0 Å². The molecule has 1 nitrogen and oxygen atoms in total. The molecular weight excluding hydrogens is 398 g/mol. The maximum atomic E-state index is 5.06. The quantitative estimate of drug-likeness (QED) is 0.199. The number of hydrogen-bond donors (Lipinski definition) is 0. The Labute approximate surface area is 201 Å². The van der Waals surface area contributed by atoms with Crippen molar-refractivity contribution in [3.8, 4) is 0 Å². The zero-order chi connectivity index (χ0) is 24.5. The number of allylic oxidation sites excluding steroid dienone is 3. The average molecular weight is 438 g/mol. The van der Waals surface area contributed by atoms with Crippen LogP contribution in [-0.2, 0) is 6.42 Å². The highest BCUT2D eigenvalue weighted by Gasteiger charge is 2.11. The molecule has 3 rings (SSSR count). The lowest BCUT2D eigenvalue weighted by molar-refractivity contribution is 0.834. The Morgan fingerprint density at radius 3 is 1.73 bits per heavy atom. The van der Waals surface area contributed by atoms with Gasteiger partial charge in [-0.25, -0.2) is 0 Å². The van der Waals surface area contributed by atoms with Crippen LogP contribution in [0.15, 0.2) is 116 Å². The Kier molecular flexibility index (Phi) is 13.6. The zero-order valence-electron chi connectivity index (χ0n) is 20.9. The zero-order valence-corrected chi connectivity index (χ0v) is 20.9. The van der Waals surface area contributed by atoms with Crippen LogP contribution in [0.25, 0.3) is 5.57 Å². The van der Waals surface area contributed by atoms with Crippen molar-refractivity contribution in [1.82, 2.24) is 0 Å². The number of aryl methyl sites for hydroxylation is 3. The van der Waals surface area contributed by atoms with E-state index in [4.69, 9.17) is 4.99 Å². The molecule has 0 aliphatic rings. The molecule has 0 amide bonds. The van der Waals surface area contributed by atoms with Gasteiger partial charge in [0.25, 0.3) is 0 Å². The molecule has 0 unspecified atom stereocenters. The number of rotatable bonds is 7. The van der Waals surface area contributed by atoms with Crippen molar-refractivity contribution < 1.29 is 0 Å². The molecule has 3 aromatic rings. The van der Waals surface area contributed by atoms with Crippen LogP contribution in [0.3, 0.4) is 0 Å². The van der Waals surface area contributed by atoms with Crippen molar-refractivity contribution >= 4 is 11.3 Å². The molecule has 0 heterocycles. The lowest BCUT2D eigenvalue weighted by atomic mass is 9.94. The summed E-state index contributed by atoms with van der Waals surface area (Å²) in [6.07, 6.45) is 6.03. The Morgan fingerprint density at radius 1 is 0.758 bits per heavy atom. The molecule has 0 atom stereocenters. The van der Waals surface area contributed by atoms with Crippen LogP contribution in [0, 0.1) is 13.8 Å². The first kappa shape index (κ1) is 27.6. The summed E-state index contributed by atoms with van der Waals surface area (Å²) in [6, 6.07) is 28.1. The van der Waals surface area contributed by atoms with Crippen LogP contribution < -0.4 is 0 Å². The van der Waals surface area contributed by atoms with E-state index in [2.05, 4.69) is 125 Å². The Morgan fingerprint density at radius 2 is 1.24 bits per heavy atom. The van der Waals surface area contributed by atoms with E-state index in [1.807, 2.05) is 6.92 Å². The first-order chi connectivity index (χ1) is 16.1. The normalized spacial score (nSPS) is 10.9. The van der Waals surface area contributed by atoms with Crippen LogP contribution in [0.5, 0.6) is 0 Å². The van der Waals surface area contributed by atoms with Gasteiger partial charge in [-0.1, -0.05) is 102 Å². The summed E-state index contributed by atoms with van der Waals surface area (Å²) in [5.74, 6) is 0. The highest BCUT2D eigenvalue weighted by molar-refractivity contribution is 6.31. The molecule has 1 heteroatoms. The molecule has 0 spiro atoms. The van der Waals surface area contributed by atoms with Gasteiger partial charge in [-0.05, 0) is 51.7 Å². The second kappa shape index (κ2) is 16.2.